The number of halogens is 1. The zero-order valence-electron chi connectivity index (χ0n) is 17.2. The van der Waals surface area contributed by atoms with Crippen LogP contribution in [0.15, 0.2) is 53.4 Å². The van der Waals surface area contributed by atoms with E-state index in [1.807, 2.05) is 6.92 Å². The highest BCUT2D eigenvalue weighted by Gasteiger charge is 2.27. The van der Waals surface area contributed by atoms with Gasteiger partial charge in [-0.25, -0.2) is 13.2 Å². The lowest BCUT2D eigenvalue weighted by Crippen LogP contribution is -2.36. The summed E-state index contributed by atoms with van der Waals surface area (Å²) in [6.45, 7) is 2.90. The van der Waals surface area contributed by atoms with Crippen LogP contribution in [0.4, 0.5) is 5.69 Å². The molecule has 0 aromatic heterocycles. The molecule has 2 aromatic rings. The monoisotopic (exact) mass is 464 g/mol. The quantitative estimate of drug-likeness (QED) is 0.537. The summed E-state index contributed by atoms with van der Waals surface area (Å²) in [5.41, 5.74) is 0.0929. The number of rotatable bonds is 10. The third-order valence-electron chi connectivity index (χ3n) is 4.86. The zero-order chi connectivity index (χ0) is 22.4. The molecule has 1 aliphatic carbocycles. The van der Waals surface area contributed by atoms with Gasteiger partial charge in [-0.2, -0.15) is 0 Å². The first-order chi connectivity index (χ1) is 14.8. The molecule has 7 nitrogen and oxygen atoms in total. The fourth-order valence-electron chi connectivity index (χ4n) is 3.06. The first kappa shape index (κ1) is 23.1. The fourth-order valence-corrected chi connectivity index (χ4v) is 4.27. The first-order valence-electron chi connectivity index (χ1n) is 10.1. The Morgan fingerprint density at radius 1 is 1.13 bits per heavy atom. The Labute approximate surface area is 187 Å². The molecule has 166 valence electrons. The zero-order valence-corrected chi connectivity index (χ0v) is 18.8. The molecule has 0 heterocycles. The van der Waals surface area contributed by atoms with Crippen LogP contribution in [0.5, 0.6) is 0 Å². The minimum absolute atomic E-state index is 0.00512. The summed E-state index contributed by atoms with van der Waals surface area (Å²) in [7, 11) is -3.94. The lowest BCUT2D eigenvalue weighted by Gasteiger charge is -2.22. The number of carbonyl (C=O) groups is 2. The van der Waals surface area contributed by atoms with E-state index in [4.69, 9.17) is 16.3 Å². The normalized spacial score (nSPS) is 13.5. The summed E-state index contributed by atoms with van der Waals surface area (Å²) in [5, 5.41) is 0.409. The van der Waals surface area contributed by atoms with Crippen molar-refractivity contribution >= 4 is 39.2 Å². The Morgan fingerprint density at radius 2 is 1.81 bits per heavy atom. The number of hydrogen-bond acceptors (Lipinski definition) is 5. The first-order valence-corrected chi connectivity index (χ1v) is 12.0. The highest BCUT2D eigenvalue weighted by Crippen LogP contribution is 2.30. The molecular formula is C22H25ClN2O5S. The van der Waals surface area contributed by atoms with Gasteiger partial charge in [0.2, 0.25) is 0 Å². The van der Waals surface area contributed by atoms with E-state index in [0.717, 1.165) is 19.3 Å². The van der Waals surface area contributed by atoms with Crippen LogP contribution >= 0.6 is 11.6 Å². The smallest absolute Gasteiger partial charge is 0.340 e. The molecule has 0 spiro atoms. The molecule has 0 aliphatic heterocycles. The summed E-state index contributed by atoms with van der Waals surface area (Å²) in [6, 6.07) is 11.8. The largest absolute Gasteiger partial charge is 0.452 e. The van der Waals surface area contributed by atoms with Gasteiger partial charge in [-0.3, -0.25) is 9.52 Å². The van der Waals surface area contributed by atoms with Crippen LogP contribution in [-0.2, 0) is 19.6 Å². The van der Waals surface area contributed by atoms with Gasteiger partial charge in [-0.15, -0.1) is 0 Å². The number of sulfonamides is 1. The number of anilines is 1. The van der Waals surface area contributed by atoms with Crippen LogP contribution in [0.3, 0.4) is 0 Å². The summed E-state index contributed by atoms with van der Waals surface area (Å²) in [6.07, 6.45) is 3.06. The van der Waals surface area contributed by atoms with Crippen LogP contribution in [0.1, 0.15) is 36.5 Å². The number of amides is 1. The topological polar surface area (TPSA) is 92.8 Å². The molecule has 0 radical (unpaired) electrons. The van der Waals surface area contributed by atoms with Gasteiger partial charge in [-0.05, 0) is 61.6 Å². The maximum atomic E-state index is 12.7. The summed E-state index contributed by atoms with van der Waals surface area (Å²) in [4.78, 5) is 26.8. The third-order valence-corrected chi connectivity index (χ3v) is 6.50. The predicted molar refractivity (Wildman–Crippen MR) is 119 cm³/mol. The molecule has 0 unspecified atom stereocenters. The van der Waals surface area contributed by atoms with Crippen molar-refractivity contribution in [3.05, 3.63) is 59.1 Å². The Bertz CT molecular complexity index is 1040. The second-order valence-corrected chi connectivity index (χ2v) is 9.58. The van der Waals surface area contributed by atoms with E-state index in [1.54, 1.807) is 17.0 Å². The lowest BCUT2D eigenvalue weighted by molar-refractivity contribution is -0.134. The Balaban J connectivity index is 1.68. The van der Waals surface area contributed by atoms with Gasteiger partial charge in [-0.1, -0.05) is 30.7 Å². The molecule has 0 saturated heterocycles. The van der Waals surface area contributed by atoms with Crippen molar-refractivity contribution in [1.29, 1.82) is 0 Å². The van der Waals surface area contributed by atoms with Gasteiger partial charge in [0.05, 0.1) is 16.1 Å². The Morgan fingerprint density at radius 3 is 2.45 bits per heavy atom. The molecule has 1 aliphatic rings. The minimum Gasteiger partial charge on any atom is -0.452 e. The van der Waals surface area contributed by atoms with Crippen molar-refractivity contribution in [2.45, 2.75) is 31.1 Å². The van der Waals surface area contributed by atoms with Crippen molar-refractivity contribution in [1.82, 2.24) is 4.90 Å². The van der Waals surface area contributed by atoms with Crippen LogP contribution in [-0.4, -0.2) is 44.9 Å². The lowest BCUT2D eigenvalue weighted by atomic mass is 10.2. The molecule has 31 heavy (non-hydrogen) atoms. The molecular weight excluding hydrogens is 440 g/mol. The number of esters is 1. The maximum Gasteiger partial charge on any atom is 0.340 e. The van der Waals surface area contributed by atoms with Gasteiger partial charge in [0, 0.05) is 18.1 Å². The summed E-state index contributed by atoms with van der Waals surface area (Å²) >= 11 is 5.81. The van der Waals surface area contributed by atoms with E-state index in [2.05, 4.69) is 4.72 Å². The van der Waals surface area contributed by atoms with Crippen LogP contribution in [0.25, 0.3) is 0 Å². The number of para-hydroxylation sites is 1. The fraction of sp³-hybridized carbons (Fsp3) is 0.364. The summed E-state index contributed by atoms with van der Waals surface area (Å²) in [5.74, 6) is -0.485. The number of carbonyl (C=O) groups excluding carboxylic acids is 2. The Hall–Kier alpha value is -2.58. The maximum absolute atomic E-state index is 12.7. The molecule has 1 saturated carbocycles. The Kier molecular flexibility index (Phi) is 7.56. The van der Waals surface area contributed by atoms with Gasteiger partial charge < -0.3 is 9.64 Å². The van der Waals surface area contributed by atoms with Gasteiger partial charge in [0.1, 0.15) is 0 Å². The van der Waals surface area contributed by atoms with E-state index < -0.39 is 16.0 Å². The molecule has 1 fully saturated rings. The van der Waals surface area contributed by atoms with E-state index in [-0.39, 0.29) is 28.7 Å². The molecule has 3 rings (SSSR count). The van der Waals surface area contributed by atoms with Gasteiger partial charge in [0.25, 0.3) is 15.9 Å². The van der Waals surface area contributed by atoms with Gasteiger partial charge >= 0.3 is 5.97 Å². The van der Waals surface area contributed by atoms with Crippen LogP contribution in [0.2, 0.25) is 5.02 Å². The second-order valence-electron chi connectivity index (χ2n) is 7.46. The molecule has 0 atom stereocenters. The van der Waals surface area contributed by atoms with Crippen molar-refractivity contribution in [3.8, 4) is 0 Å². The third kappa shape index (κ3) is 6.45. The average Bonchev–Trinajstić information content (AvgIpc) is 3.56. The van der Waals surface area contributed by atoms with E-state index in [9.17, 15) is 18.0 Å². The predicted octanol–water partition coefficient (Wildman–Crippen LogP) is 3.95. The molecule has 1 N–H and O–H groups in total. The second kappa shape index (κ2) is 10.2. The van der Waals surface area contributed by atoms with Gasteiger partial charge in [0.15, 0.2) is 6.61 Å². The van der Waals surface area contributed by atoms with Crippen molar-refractivity contribution in [2.24, 2.45) is 5.92 Å². The van der Waals surface area contributed by atoms with E-state index >= 15 is 0 Å². The molecule has 9 heteroatoms. The minimum atomic E-state index is -3.94. The number of benzene rings is 2. The van der Waals surface area contributed by atoms with Crippen molar-refractivity contribution in [2.75, 3.05) is 24.4 Å². The number of ether oxygens (including phenoxy) is 1. The SMILES string of the molecule is CCCN(CC1CC1)C(=O)COC(=O)c1ccccc1NS(=O)(=O)c1ccc(Cl)cc1. The standard InChI is InChI=1S/C22H25ClN2O5S/c1-2-13-25(14-16-7-8-16)21(26)15-30-22(27)19-5-3-4-6-20(19)24-31(28,29)18-11-9-17(23)10-12-18/h3-6,9-12,16,24H,2,7-8,13-15H2,1H3. The highest BCUT2D eigenvalue weighted by molar-refractivity contribution is 7.92. The van der Waals surface area contributed by atoms with Crippen LogP contribution < -0.4 is 4.72 Å². The van der Waals surface area contributed by atoms with Crippen LogP contribution in [0, 0.1) is 5.92 Å². The van der Waals surface area contributed by atoms with Crippen molar-refractivity contribution in [3.63, 3.8) is 0 Å². The number of nitrogens with zero attached hydrogens (tertiary/aromatic N) is 1. The summed E-state index contributed by atoms with van der Waals surface area (Å²) < 4.78 is 32.9. The molecule has 1 amide bonds. The molecule has 2 aromatic carbocycles. The highest BCUT2D eigenvalue weighted by atomic mass is 35.5. The average molecular weight is 465 g/mol. The van der Waals surface area contributed by atoms with E-state index in [1.165, 1.54) is 36.4 Å². The molecule has 0 bridgehead atoms. The van der Waals surface area contributed by atoms with E-state index in [0.29, 0.717) is 24.0 Å². The van der Waals surface area contributed by atoms with Crippen molar-refractivity contribution < 1.29 is 22.7 Å². The number of nitrogens with one attached hydrogen (secondary N) is 1. The number of hydrogen-bond donors (Lipinski definition) is 1.